The zero-order valence-electron chi connectivity index (χ0n) is 18.0. The highest BCUT2D eigenvalue weighted by atomic mass is 32.1. The van der Waals surface area contributed by atoms with Crippen molar-refractivity contribution in [3.8, 4) is 0 Å². The van der Waals surface area contributed by atoms with Crippen molar-refractivity contribution in [1.82, 2.24) is 5.32 Å². The smallest absolute Gasteiger partial charge is 0.249 e. The van der Waals surface area contributed by atoms with Crippen LogP contribution in [0.15, 0.2) is 29.3 Å². The van der Waals surface area contributed by atoms with Crippen LogP contribution in [-0.4, -0.2) is 36.7 Å². The average molecular weight is 424 g/mol. The standard InChI is InChI=1S/C24H29N3O2S/c1-15-8-7-9-18(12-15)23-22-16(2)17(3)30-24(22)27(21(29)13-25-23)14-20(28)26-19-10-5-4-6-11-19/h7-9,12,19H,4-6,10-11,13-14H2,1-3H3,(H,26,28). The molecule has 1 saturated carbocycles. The van der Waals surface area contributed by atoms with E-state index in [1.807, 2.05) is 12.1 Å². The van der Waals surface area contributed by atoms with Gasteiger partial charge in [0.15, 0.2) is 0 Å². The second kappa shape index (κ2) is 8.72. The first-order valence-electron chi connectivity index (χ1n) is 10.8. The Hall–Kier alpha value is -2.47. The number of carbonyl (C=O) groups excluding carboxylic acids is 2. The molecule has 2 amide bonds. The first-order chi connectivity index (χ1) is 14.4. The highest BCUT2D eigenvalue weighted by molar-refractivity contribution is 7.17. The molecule has 2 heterocycles. The lowest BCUT2D eigenvalue weighted by Gasteiger charge is -2.25. The first-order valence-corrected chi connectivity index (χ1v) is 11.6. The summed E-state index contributed by atoms with van der Waals surface area (Å²) >= 11 is 1.58. The van der Waals surface area contributed by atoms with Crippen LogP contribution in [0, 0.1) is 20.8 Å². The minimum absolute atomic E-state index is 0.0539. The molecule has 0 atom stereocenters. The third-order valence-corrected chi connectivity index (χ3v) is 7.32. The largest absolute Gasteiger partial charge is 0.352 e. The van der Waals surface area contributed by atoms with E-state index in [0.29, 0.717) is 0 Å². The van der Waals surface area contributed by atoms with Gasteiger partial charge in [-0.25, -0.2) is 0 Å². The summed E-state index contributed by atoms with van der Waals surface area (Å²) in [5.41, 5.74) is 5.13. The number of anilines is 1. The molecule has 2 aliphatic rings. The Morgan fingerprint density at radius 3 is 2.70 bits per heavy atom. The van der Waals surface area contributed by atoms with E-state index in [9.17, 15) is 9.59 Å². The van der Waals surface area contributed by atoms with E-state index in [1.54, 1.807) is 16.2 Å². The number of thiophene rings is 1. The fourth-order valence-electron chi connectivity index (χ4n) is 4.35. The third-order valence-electron chi connectivity index (χ3n) is 6.09. The Kier molecular flexibility index (Phi) is 6.04. The molecule has 1 fully saturated rings. The van der Waals surface area contributed by atoms with Crippen LogP contribution in [-0.2, 0) is 9.59 Å². The minimum atomic E-state index is -0.126. The number of amides is 2. The third kappa shape index (κ3) is 4.19. The molecule has 1 aliphatic heterocycles. The van der Waals surface area contributed by atoms with Crippen molar-refractivity contribution < 1.29 is 9.59 Å². The van der Waals surface area contributed by atoms with E-state index >= 15 is 0 Å². The molecule has 0 saturated heterocycles. The highest BCUT2D eigenvalue weighted by Crippen LogP contribution is 2.38. The first kappa shape index (κ1) is 20.8. The predicted octanol–water partition coefficient (Wildman–Crippen LogP) is 4.31. The lowest BCUT2D eigenvalue weighted by molar-refractivity contribution is -0.123. The molecule has 1 aromatic heterocycles. The second-order valence-corrected chi connectivity index (χ2v) is 9.58. The van der Waals surface area contributed by atoms with Crippen molar-refractivity contribution in [2.75, 3.05) is 18.0 Å². The molecule has 2 aromatic rings. The highest BCUT2D eigenvalue weighted by Gasteiger charge is 2.31. The summed E-state index contributed by atoms with van der Waals surface area (Å²) in [5, 5.41) is 3.98. The number of benzene rings is 1. The summed E-state index contributed by atoms with van der Waals surface area (Å²) < 4.78 is 0. The van der Waals surface area contributed by atoms with Crippen molar-refractivity contribution >= 4 is 33.9 Å². The maximum absolute atomic E-state index is 13.0. The zero-order valence-corrected chi connectivity index (χ0v) is 18.8. The SMILES string of the molecule is Cc1cccc(C2=NCC(=O)N(CC(=O)NC3CCCCC3)c3sc(C)c(C)c32)c1. The quantitative estimate of drug-likeness (QED) is 0.797. The number of rotatable bonds is 4. The summed E-state index contributed by atoms with van der Waals surface area (Å²) in [5.74, 6) is -0.206. The normalized spacial score (nSPS) is 17.4. The zero-order chi connectivity index (χ0) is 21.3. The van der Waals surface area contributed by atoms with Gasteiger partial charge >= 0.3 is 0 Å². The van der Waals surface area contributed by atoms with Crippen LogP contribution >= 0.6 is 11.3 Å². The topological polar surface area (TPSA) is 61.8 Å². The van der Waals surface area contributed by atoms with Crippen molar-refractivity contribution in [2.45, 2.75) is 58.9 Å². The van der Waals surface area contributed by atoms with Crippen LogP contribution in [0.2, 0.25) is 0 Å². The minimum Gasteiger partial charge on any atom is -0.352 e. The molecule has 158 valence electrons. The van der Waals surface area contributed by atoms with Gasteiger partial charge in [-0.3, -0.25) is 19.5 Å². The van der Waals surface area contributed by atoms with Gasteiger partial charge in [-0.05, 0) is 45.2 Å². The molecule has 1 aromatic carbocycles. The lowest BCUT2D eigenvalue weighted by Crippen LogP contribution is -2.45. The van der Waals surface area contributed by atoms with E-state index in [0.717, 1.165) is 63.5 Å². The van der Waals surface area contributed by atoms with E-state index < -0.39 is 0 Å². The van der Waals surface area contributed by atoms with E-state index in [2.05, 4.69) is 38.2 Å². The summed E-state index contributed by atoms with van der Waals surface area (Å²) in [6.45, 7) is 6.30. The van der Waals surface area contributed by atoms with Gasteiger partial charge in [-0.1, -0.05) is 43.0 Å². The summed E-state index contributed by atoms with van der Waals surface area (Å²) in [6.07, 6.45) is 5.63. The molecule has 1 aliphatic carbocycles. The number of aliphatic imine (C=N–C) groups is 1. The Morgan fingerprint density at radius 1 is 1.20 bits per heavy atom. The number of hydrogen-bond donors (Lipinski definition) is 1. The molecular formula is C24H29N3O2S. The molecule has 30 heavy (non-hydrogen) atoms. The van der Waals surface area contributed by atoms with Gasteiger partial charge in [0.05, 0.1) is 5.71 Å². The van der Waals surface area contributed by atoms with Crippen LogP contribution in [0.5, 0.6) is 0 Å². The van der Waals surface area contributed by atoms with Gasteiger partial charge in [0.2, 0.25) is 11.8 Å². The molecule has 6 heteroatoms. The van der Waals surface area contributed by atoms with Crippen LogP contribution in [0.1, 0.15) is 59.2 Å². The molecule has 0 unspecified atom stereocenters. The number of nitrogens with zero attached hydrogens (tertiary/aromatic N) is 2. The predicted molar refractivity (Wildman–Crippen MR) is 123 cm³/mol. The Balaban J connectivity index is 1.66. The molecule has 1 N–H and O–H groups in total. The Bertz CT molecular complexity index is 1000. The Labute approximate surface area is 182 Å². The van der Waals surface area contributed by atoms with Crippen LogP contribution in [0.4, 0.5) is 5.00 Å². The van der Waals surface area contributed by atoms with Crippen LogP contribution in [0.3, 0.4) is 0 Å². The number of aryl methyl sites for hydroxylation is 2. The fourth-order valence-corrected chi connectivity index (χ4v) is 5.53. The number of nitrogens with one attached hydrogen (secondary N) is 1. The maximum atomic E-state index is 13.0. The summed E-state index contributed by atoms with van der Waals surface area (Å²) in [6, 6.07) is 8.45. The molecule has 0 radical (unpaired) electrons. The number of hydrogen-bond acceptors (Lipinski definition) is 4. The summed E-state index contributed by atoms with van der Waals surface area (Å²) in [7, 11) is 0. The monoisotopic (exact) mass is 423 g/mol. The van der Waals surface area contributed by atoms with Crippen molar-refractivity contribution in [2.24, 2.45) is 4.99 Å². The van der Waals surface area contributed by atoms with E-state index in [4.69, 9.17) is 4.99 Å². The van der Waals surface area contributed by atoms with Gasteiger partial charge in [0.25, 0.3) is 0 Å². The lowest BCUT2D eigenvalue weighted by atomic mass is 9.95. The van der Waals surface area contributed by atoms with Crippen molar-refractivity contribution in [3.05, 3.63) is 51.4 Å². The maximum Gasteiger partial charge on any atom is 0.249 e. The van der Waals surface area contributed by atoms with E-state index in [1.165, 1.54) is 6.42 Å². The average Bonchev–Trinajstić information content (AvgIpc) is 2.94. The van der Waals surface area contributed by atoms with Crippen LogP contribution < -0.4 is 10.2 Å². The van der Waals surface area contributed by atoms with Gasteiger partial charge in [-0.2, -0.15) is 0 Å². The molecule has 0 bridgehead atoms. The van der Waals surface area contributed by atoms with Crippen molar-refractivity contribution in [1.29, 1.82) is 0 Å². The van der Waals surface area contributed by atoms with Crippen LogP contribution in [0.25, 0.3) is 0 Å². The van der Waals surface area contributed by atoms with E-state index in [-0.39, 0.29) is 30.9 Å². The van der Waals surface area contributed by atoms with Gasteiger partial charge in [0, 0.05) is 22.0 Å². The molecule has 0 spiro atoms. The number of fused-ring (bicyclic) bond motifs is 1. The second-order valence-electron chi connectivity index (χ2n) is 8.38. The van der Waals surface area contributed by atoms with Gasteiger partial charge in [0.1, 0.15) is 18.1 Å². The molecule has 4 rings (SSSR count). The van der Waals surface area contributed by atoms with Crippen molar-refractivity contribution in [3.63, 3.8) is 0 Å². The Morgan fingerprint density at radius 2 is 1.97 bits per heavy atom. The van der Waals surface area contributed by atoms with Gasteiger partial charge in [-0.15, -0.1) is 11.3 Å². The summed E-state index contributed by atoms with van der Waals surface area (Å²) in [4.78, 5) is 33.3. The molecular weight excluding hydrogens is 394 g/mol. The fraction of sp³-hybridized carbons (Fsp3) is 0.458. The molecule has 5 nitrogen and oxygen atoms in total. The number of carbonyl (C=O) groups is 2. The van der Waals surface area contributed by atoms with Gasteiger partial charge < -0.3 is 5.32 Å².